The highest BCUT2D eigenvalue weighted by atomic mass is 16.4. The van der Waals surface area contributed by atoms with Crippen LogP contribution in [0.3, 0.4) is 0 Å². The van der Waals surface area contributed by atoms with Crippen molar-refractivity contribution in [1.29, 1.82) is 0 Å². The average molecular weight is 207 g/mol. The summed E-state index contributed by atoms with van der Waals surface area (Å²) in [5, 5.41) is 8.76. The second-order valence-corrected chi connectivity index (χ2v) is 3.73. The Kier molecular flexibility index (Phi) is 2.91. The lowest BCUT2D eigenvalue weighted by atomic mass is 10.3. The molecule has 1 aliphatic carbocycles. The molecule has 0 unspecified atom stereocenters. The first-order valence-corrected chi connectivity index (χ1v) is 4.96. The van der Waals surface area contributed by atoms with E-state index in [9.17, 15) is 4.79 Å². The molecule has 5 heteroatoms. The molecule has 1 fully saturated rings. The Balaban J connectivity index is 1.97. The van der Waals surface area contributed by atoms with Crippen LogP contribution in [0.4, 0.5) is 0 Å². The van der Waals surface area contributed by atoms with Gasteiger partial charge in [-0.3, -0.25) is 19.7 Å². The van der Waals surface area contributed by atoms with Crippen LogP contribution in [-0.4, -0.2) is 38.5 Å². The van der Waals surface area contributed by atoms with Crippen molar-refractivity contribution in [3.8, 4) is 0 Å². The van der Waals surface area contributed by atoms with Crippen molar-refractivity contribution in [3.05, 3.63) is 24.3 Å². The number of hydrogen-bond acceptors (Lipinski definition) is 4. The van der Waals surface area contributed by atoms with E-state index in [1.54, 1.807) is 18.6 Å². The van der Waals surface area contributed by atoms with Gasteiger partial charge in [-0.15, -0.1) is 0 Å². The van der Waals surface area contributed by atoms with Crippen LogP contribution in [0.15, 0.2) is 18.6 Å². The lowest BCUT2D eigenvalue weighted by Gasteiger charge is -2.18. The van der Waals surface area contributed by atoms with Gasteiger partial charge in [-0.05, 0) is 12.8 Å². The summed E-state index contributed by atoms with van der Waals surface area (Å²) < 4.78 is 0. The number of carbonyl (C=O) groups is 1. The molecule has 0 aromatic carbocycles. The molecule has 0 saturated heterocycles. The molecule has 5 nitrogen and oxygen atoms in total. The average Bonchev–Trinajstić information content (AvgIpc) is 3.01. The largest absolute Gasteiger partial charge is 0.480 e. The third-order valence-electron chi connectivity index (χ3n) is 2.38. The van der Waals surface area contributed by atoms with Gasteiger partial charge >= 0.3 is 5.97 Å². The number of carboxylic acid groups (broad SMARTS) is 1. The van der Waals surface area contributed by atoms with Crippen LogP contribution in [0, 0.1) is 0 Å². The summed E-state index contributed by atoms with van der Waals surface area (Å²) >= 11 is 0. The molecule has 15 heavy (non-hydrogen) atoms. The monoisotopic (exact) mass is 207 g/mol. The molecule has 1 N–H and O–H groups in total. The second kappa shape index (κ2) is 4.35. The first kappa shape index (κ1) is 10.0. The van der Waals surface area contributed by atoms with Crippen LogP contribution in [0.5, 0.6) is 0 Å². The van der Waals surface area contributed by atoms with Gasteiger partial charge in [0.2, 0.25) is 0 Å². The van der Waals surface area contributed by atoms with Crippen molar-refractivity contribution < 1.29 is 9.90 Å². The summed E-state index contributed by atoms with van der Waals surface area (Å²) in [4.78, 5) is 20.7. The van der Waals surface area contributed by atoms with Crippen molar-refractivity contribution in [3.63, 3.8) is 0 Å². The lowest BCUT2D eigenvalue weighted by molar-refractivity contribution is -0.138. The Hall–Kier alpha value is -1.49. The Morgan fingerprint density at radius 3 is 2.87 bits per heavy atom. The number of hydrogen-bond donors (Lipinski definition) is 1. The minimum absolute atomic E-state index is 0.0846. The first-order valence-electron chi connectivity index (χ1n) is 4.96. The highest BCUT2D eigenvalue weighted by Crippen LogP contribution is 2.27. The lowest BCUT2D eigenvalue weighted by Crippen LogP contribution is -2.31. The maximum atomic E-state index is 10.7. The van der Waals surface area contributed by atoms with Crippen molar-refractivity contribution in [2.45, 2.75) is 25.4 Å². The van der Waals surface area contributed by atoms with E-state index < -0.39 is 5.97 Å². The molecule has 2 rings (SSSR count). The molecule has 1 aliphatic rings. The number of aromatic nitrogens is 2. The van der Waals surface area contributed by atoms with Gasteiger partial charge in [0.25, 0.3) is 0 Å². The topological polar surface area (TPSA) is 66.3 Å². The molecule has 1 heterocycles. The van der Waals surface area contributed by atoms with Gasteiger partial charge < -0.3 is 5.11 Å². The molecule has 1 aromatic heterocycles. The number of nitrogens with zero attached hydrogens (tertiary/aromatic N) is 3. The quantitative estimate of drug-likeness (QED) is 0.762. The van der Waals surface area contributed by atoms with Crippen molar-refractivity contribution in [2.24, 2.45) is 0 Å². The van der Waals surface area contributed by atoms with Crippen LogP contribution in [0.2, 0.25) is 0 Å². The molecular weight excluding hydrogens is 194 g/mol. The number of carboxylic acids is 1. The summed E-state index contributed by atoms with van der Waals surface area (Å²) in [6, 6.07) is 0.420. The zero-order chi connectivity index (χ0) is 10.7. The second-order valence-electron chi connectivity index (χ2n) is 3.73. The fourth-order valence-electron chi connectivity index (χ4n) is 1.55. The van der Waals surface area contributed by atoms with E-state index in [4.69, 9.17) is 5.11 Å². The number of aliphatic carboxylic acids is 1. The molecule has 0 bridgehead atoms. The Bertz CT molecular complexity index is 338. The fraction of sp³-hybridized carbons (Fsp3) is 0.500. The van der Waals surface area contributed by atoms with Crippen LogP contribution in [-0.2, 0) is 11.3 Å². The van der Waals surface area contributed by atoms with E-state index in [0.717, 1.165) is 18.5 Å². The highest BCUT2D eigenvalue weighted by molar-refractivity contribution is 5.69. The van der Waals surface area contributed by atoms with E-state index in [-0.39, 0.29) is 6.54 Å². The normalized spacial score (nSPS) is 15.5. The van der Waals surface area contributed by atoms with Gasteiger partial charge in [0.05, 0.1) is 12.2 Å². The van der Waals surface area contributed by atoms with Crippen LogP contribution in [0.1, 0.15) is 18.5 Å². The molecule has 1 saturated carbocycles. The van der Waals surface area contributed by atoms with E-state index in [2.05, 4.69) is 9.97 Å². The first-order chi connectivity index (χ1) is 7.25. The minimum Gasteiger partial charge on any atom is -0.480 e. The van der Waals surface area contributed by atoms with Crippen LogP contribution in [0.25, 0.3) is 0 Å². The molecule has 0 spiro atoms. The van der Waals surface area contributed by atoms with Gasteiger partial charge in [0, 0.05) is 31.2 Å². The predicted molar refractivity (Wildman–Crippen MR) is 53.1 cm³/mol. The molecule has 0 radical (unpaired) electrons. The third kappa shape index (κ3) is 2.99. The molecule has 0 atom stereocenters. The third-order valence-corrected chi connectivity index (χ3v) is 2.38. The summed E-state index contributed by atoms with van der Waals surface area (Å²) in [6.07, 6.45) is 7.10. The molecular formula is C10H13N3O2. The zero-order valence-corrected chi connectivity index (χ0v) is 8.33. The van der Waals surface area contributed by atoms with Crippen molar-refractivity contribution in [1.82, 2.24) is 14.9 Å². The van der Waals surface area contributed by atoms with Crippen molar-refractivity contribution in [2.75, 3.05) is 6.54 Å². The standard InChI is InChI=1S/C10H13N3O2/c14-10(15)7-13(9-1-2-9)6-8-5-11-3-4-12-8/h3-5,9H,1-2,6-7H2,(H,14,15). The van der Waals surface area contributed by atoms with Crippen LogP contribution >= 0.6 is 0 Å². The number of rotatable bonds is 5. The summed E-state index contributed by atoms with van der Waals surface area (Å²) in [5.74, 6) is -0.786. The maximum absolute atomic E-state index is 10.7. The van der Waals surface area contributed by atoms with Gasteiger partial charge in [-0.2, -0.15) is 0 Å². The van der Waals surface area contributed by atoms with E-state index in [1.807, 2.05) is 4.90 Å². The predicted octanol–water partition coefficient (Wildman–Crippen LogP) is 0.526. The molecule has 1 aromatic rings. The Labute approximate surface area is 87.8 Å². The van der Waals surface area contributed by atoms with Gasteiger partial charge in [0.1, 0.15) is 0 Å². The summed E-state index contributed by atoms with van der Waals surface area (Å²) in [6.45, 7) is 0.659. The van der Waals surface area contributed by atoms with Crippen LogP contribution < -0.4 is 0 Å². The van der Waals surface area contributed by atoms with E-state index >= 15 is 0 Å². The van der Waals surface area contributed by atoms with Gasteiger partial charge in [0.15, 0.2) is 0 Å². The Morgan fingerprint density at radius 1 is 1.53 bits per heavy atom. The maximum Gasteiger partial charge on any atom is 0.317 e. The minimum atomic E-state index is -0.786. The van der Waals surface area contributed by atoms with E-state index in [1.165, 1.54) is 0 Å². The fourth-order valence-corrected chi connectivity index (χ4v) is 1.55. The van der Waals surface area contributed by atoms with Crippen molar-refractivity contribution >= 4 is 5.97 Å². The van der Waals surface area contributed by atoms with Gasteiger partial charge in [-0.1, -0.05) is 0 Å². The van der Waals surface area contributed by atoms with Gasteiger partial charge in [-0.25, -0.2) is 0 Å². The SMILES string of the molecule is O=C(O)CN(Cc1cnccn1)C1CC1. The zero-order valence-electron chi connectivity index (χ0n) is 8.33. The molecule has 80 valence electrons. The summed E-state index contributed by atoms with van der Waals surface area (Å²) in [5.41, 5.74) is 0.825. The molecule has 0 aliphatic heterocycles. The van der Waals surface area contributed by atoms with E-state index in [0.29, 0.717) is 12.6 Å². The molecule has 0 amide bonds. The Morgan fingerprint density at radius 2 is 2.33 bits per heavy atom. The highest BCUT2D eigenvalue weighted by Gasteiger charge is 2.30. The smallest absolute Gasteiger partial charge is 0.317 e. The summed E-state index contributed by atoms with van der Waals surface area (Å²) in [7, 11) is 0.